The summed E-state index contributed by atoms with van der Waals surface area (Å²) in [6, 6.07) is 4.41. The zero-order chi connectivity index (χ0) is 11.1. The molecule has 0 aromatic carbocycles. The standard InChI is InChI=1S/C11H14N4S/c1-14-6-4-8(7-14)15-10-9(13-11(15)16)3-2-5-12-10/h2-3,5,8H,4,6-7H2,1H3,(H,13,16). The van der Waals surface area contributed by atoms with Crippen molar-refractivity contribution in [1.82, 2.24) is 19.4 Å². The van der Waals surface area contributed by atoms with E-state index in [9.17, 15) is 0 Å². The molecule has 0 amide bonds. The second-order valence-corrected chi connectivity index (χ2v) is 4.77. The molecule has 3 heterocycles. The zero-order valence-electron chi connectivity index (χ0n) is 9.18. The van der Waals surface area contributed by atoms with Gasteiger partial charge in [0.25, 0.3) is 0 Å². The van der Waals surface area contributed by atoms with E-state index < -0.39 is 0 Å². The number of rotatable bonds is 1. The maximum Gasteiger partial charge on any atom is 0.179 e. The number of pyridine rings is 1. The van der Waals surface area contributed by atoms with Crippen LogP contribution in [-0.4, -0.2) is 39.6 Å². The monoisotopic (exact) mass is 234 g/mol. The minimum atomic E-state index is 0.459. The van der Waals surface area contributed by atoms with Gasteiger partial charge in [0.15, 0.2) is 10.4 Å². The fourth-order valence-corrected chi connectivity index (χ4v) is 2.76. The first-order valence-corrected chi connectivity index (χ1v) is 5.90. The van der Waals surface area contributed by atoms with Crippen molar-refractivity contribution in [2.75, 3.05) is 20.1 Å². The third-order valence-electron chi connectivity index (χ3n) is 3.21. The van der Waals surface area contributed by atoms with Crippen LogP contribution in [0.4, 0.5) is 0 Å². The quantitative estimate of drug-likeness (QED) is 0.766. The van der Waals surface area contributed by atoms with Crippen molar-refractivity contribution in [2.24, 2.45) is 0 Å². The van der Waals surface area contributed by atoms with Gasteiger partial charge in [0, 0.05) is 12.7 Å². The largest absolute Gasteiger partial charge is 0.329 e. The van der Waals surface area contributed by atoms with Gasteiger partial charge < -0.3 is 9.88 Å². The second-order valence-electron chi connectivity index (χ2n) is 4.38. The molecule has 5 heteroatoms. The number of aromatic amines is 1. The summed E-state index contributed by atoms with van der Waals surface area (Å²) >= 11 is 5.38. The zero-order valence-corrected chi connectivity index (χ0v) is 10.00. The molecule has 1 atom stereocenters. The van der Waals surface area contributed by atoms with E-state index >= 15 is 0 Å². The summed E-state index contributed by atoms with van der Waals surface area (Å²) in [4.78, 5) is 9.96. The van der Waals surface area contributed by atoms with Crippen molar-refractivity contribution >= 4 is 23.4 Å². The number of likely N-dealkylation sites (N-methyl/N-ethyl adjacent to an activating group) is 1. The molecule has 84 valence electrons. The second kappa shape index (κ2) is 3.68. The Morgan fingerprint density at radius 3 is 3.19 bits per heavy atom. The number of nitrogens with one attached hydrogen (secondary N) is 1. The highest BCUT2D eigenvalue weighted by Crippen LogP contribution is 2.24. The van der Waals surface area contributed by atoms with Crippen LogP contribution in [0.3, 0.4) is 0 Å². The number of nitrogens with zero attached hydrogens (tertiary/aromatic N) is 3. The molecule has 16 heavy (non-hydrogen) atoms. The molecule has 0 saturated carbocycles. The van der Waals surface area contributed by atoms with Crippen LogP contribution in [0, 0.1) is 4.77 Å². The molecule has 1 fully saturated rings. The van der Waals surface area contributed by atoms with Gasteiger partial charge in [0.1, 0.15) is 0 Å². The average molecular weight is 234 g/mol. The number of fused-ring (bicyclic) bond motifs is 1. The molecule has 1 aliphatic heterocycles. The van der Waals surface area contributed by atoms with E-state index in [0.29, 0.717) is 6.04 Å². The first-order chi connectivity index (χ1) is 7.75. The number of H-pyrrole nitrogens is 1. The molecule has 3 rings (SSSR count). The van der Waals surface area contributed by atoms with Gasteiger partial charge in [0.05, 0.1) is 11.6 Å². The first-order valence-electron chi connectivity index (χ1n) is 5.49. The maximum absolute atomic E-state index is 5.38. The van der Waals surface area contributed by atoms with Gasteiger partial charge in [-0.3, -0.25) is 4.57 Å². The van der Waals surface area contributed by atoms with Crippen LogP contribution >= 0.6 is 12.2 Å². The van der Waals surface area contributed by atoms with Crippen molar-refractivity contribution in [3.63, 3.8) is 0 Å². The van der Waals surface area contributed by atoms with Crippen molar-refractivity contribution in [2.45, 2.75) is 12.5 Å². The molecule has 0 radical (unpaired) electrons. The van der Waals surface area contributed by atoms with Gasteiger partial charge in [-0.1, -0.05) is 0 Å². The van der Waals surface area contributed by atoms with Gasteiger partial charge in [-0.25, -0.2) is 4.98 Å². The van der Waals surface area contributed by atoms with Crippen molar-refractivity contribution in [3.05, 3.63) is 23.1 Å². The van der Waals surface area contributed by atoms with E-state index in [4.69, 9.17) is 12.2 Å². The van der Waals surface area contributed by atoms with Crippen LogP contribution < -0.4 is 0 Å². The summed E-state index contributed by atoms with van der Waals surface area (Å²) in [6.45, 7) is 2.18. The van der Waals surface area contributed by atoms with Crippen molar-refractivity contribution < 1.29 is 0 Å². The summed E-state index contributed by atoms with van der Waals surface area (Å²) < 4.78 is 2.95. The summed E-state index contributed by atoms with van der Waals surface area (Å²) in [7, 11) is 2.14. The number of imidazole rings is 1. The number of likely N-dealkylation sites (tertiary alicyclic amines) is 1. The molecular weight excluding hydrogens is 220 g/mol. The molecule has 1 unspecified atom stereocenters. The van der Waals surface area contributed by atoms with Crippen LogP contribution in [0.2, 0.25) is 0 Å². The van der Waals surface area contributed by atoms with E-state index in [1.165, 1.54) is 0 Å². The van der Waals surface area contributed by atoms with Gasteiger partial charge in [-0.15, -0.1) is 0 Å². The molecular formula is C11H14N4S. The molecule has 0 bridgehead atoms. The third-order valence-corrected chi connectivity index (χ3v) is 3.51. The molecule has 0 spiro atoms. The van der Waals surface area contributed by atoms with Crippen molar-refractivity contribution in [1.29, 1.82) is 0 Å². The fourth-order valence-electron chi connectivity index (χ4n) is 2.42. The normalized spacial score (nSPS) is 21.9. The Morgan fingerprint density at radius 2 is 2.44 bits per heavy atom. The minimum absolute atomic E-state index is 0.459. The van der Waals surface area contributed by atoms with E-state index in [1.54, 1.807) is 0 Å². The molecule has 2 aromatic heterocycles. The Morgan fingerprint density at radius 1 is 1.56 bits per heavy atom. The fraction of sp³-hybridized carbons (Fsp3) is 0.455. The Kier molecular flexibility index (Phi) is 2.29. The SMILES string of the molecule is CN1CCC(n2c(=S)[nH]c3cccnc32)C1. The Hall–Kier alpha value is -1.20. The van der Waals surface area contributed by atoms with E-state index in [2.05, 4.69) is 26.5 Å². The van der Waals surface area contributed by atoms with Crippen LogP contribution in [0.15, 0.2) is 18.3 Å². The van der Waals surface area contributed by atoms with Crippen molar-refractivity contribution in [3.8, 4) is 0 Å². The maximum atomic E-state index is 5.38. The predicted molar refractivity (Wildman–Crippen MR) is 66.1 cm³/mol. The highest BCUT2D eigenvalue weighted by atomic mass is 32.1. The Bertz CT molecular complexity index is 571. The van der Waals surface area contributed by atoms with E-state index in [0.717, 1.165) is 35.4 Å². The Balaban J connectivity index is 2.15. The van der Waals surface area contributed by atoms with Gasteiger partial charge in [0.2, 0.25) is 0 Å². The average Bonchev–Trinajstić information content (AvgIpc) is 2.80. The predicted octanol–water partition coefficient (Wildman–Crippen LogP) is 1.97. The molecule has 1 aliphatic rings. The lowest BCUT2D eigenvalue weighted by Crippen LogP contribution is -2.16. The van der Waals surface area contributed by atoms with E-state index in [1.807, 2.05) is 18.3 Å². The number of hydrogen-bond donors (Lipinski definition) is 1. The van der Waals surface area contributed by atoms with Crippen LogP contribution in [0.5, 0.6) is 0 Å². The third kappa shape index (κ3) is 1.47. The van der Waals surface area contributed by atoms with Gasteiger partial charge in [-0.2, -0.15) is 0 Å². The lowest BCUT2D eigenvalue weighted by molar-refractivity contribution is 0.393. The summed E-state index contributed by atoms with van der Waals surface area (Å²) in [5, 5.41) is 0. The molecule has 2 aromatic rings. The number of hydrogen-bond acceptors (Lipinski definition) is 3. The number of aromatic nitrogens is 3. The minimum Gasteiger partial charge on any atom is -0.329 e. The van der Waals surface area contributed by atoms with Crippen LogP contribution in [-0.2, 0) is 0 Å². The summed E-state index contributed by atoms with van der Waals surface area (Å²) in [6.07, 6.45) is 2.97. The first kappa shape index (κ1) is 9.99. The van der Waals surface area contributed by atoms with Crippen LogP contribution in [0.1, 0.15) is 12.5 Å². The van der Waals surface area contributed by atoms with E-state index in [-0.39, 0.29) is 0 Å². The smallest absolute Gasteiger partial charge is 0.179 e. The molecule has 0 aliphatic carbocycles. The molecule has 1 N–H and O–H groups in total. The van der Waals surface area contributed by atoms with Crippen LogP contribution in [0.25, 0.3) is 11.2 Å². The lowest BCUT2D eigenvalue weighted by atomic mass is 10.2. The highest BCUT2D eigenvalue weighted by molar-refractivity contribution is 7.71. The molecule has 4 nitrogen and oxygen atoms in total. The molecule has 1 saturated heterocycles. The lowest BCUT2D eigenvalue weighted by Gasteiger charge is -2.12. The highest BCUT2D eigenvalue weighted by Gasteiger charge is 2.23. The summed E-state index contributed by atoms with van der Waals surface area (Å²) in [5.41, 5.74) is 2.01. The van der Waals surface area contributed by atoms with Gasteiger partial charge >= 0.3 is 0 Å². The van der Waals surface area contributed by atoms with Gasteiger partial charge in [-0.05, 0) is 44.4 Å². The Labute approximate surface area is 98.9 Å². The topological polar surface area (TPSA) is 36.9 Å². The summed E-state index contributed by atoms with van der Waals surface area (Å²) in [5.74, 6) is 0.